The first-order chi connectivity index (χ1) is 5.22. The molecule has 64 valence electrons. The molecule has 1 atom stereocenters. The van der Waals surface area contributed by atoms with Crippen LogP contribution in [0.1, 0.15) is 6.42 Å². The third kappa shape index (κ3) is 4.32. The highest BCUT2D eigenvalue weighted by molar-refractivity contribution is 5.76. The molecule has 1 unspecified atom stereocenters. The van der Waals surface area contributed by atoms with Crippen molar-refractivity contribution in [2.45, 2.75) is 12.5 Å². The van der Waals surface area contributed by atoms with E-state index < -0.39 is 12.0 Å². The van der Waals surface area contributed by atoms with Gasteiger partial charge in [-0.2, -0.15) is 0 Å². The van der Waals surface area contributed by atoms with Gasteiger partial charge in [-0.25, -0.2) is 4.79 Å². The Morgan fingerprint density at radius 3 is 2.82 bits per heavy atom. The molecule has 0 aliphatic carbocycles. The number of ether oxygens (including phenoxy) is 1. The average molecular weight is 161 g/mol. The fourth-order valence-corrected chi connectivity index (χ4v) is 0.596. The topological polar surface area (TPSA) is 75.6 Å². The normalized spacial score (nSPS) is 12.1. The summed E-state index contributed by atoms with van der Waals surface area (Å²) < 4.78 is 4.65. The van der Waals surface area contributed by atoms with E-state index in [1.165, 1.54) is 7.11 Å². The van der Waals surface area contributed by atoms with E-state index in [-0.39, 0.29) is 6.42 Å². The number of methoxy groups -OCH3 is 1. The van der Waals surface area contributed by atoms with E-state index in [4.69, 9.17) is 5.11 Å². The van der Waals surface area contributed by atoms with Gasteiger partial charge in [-0.15, -0.1) is 0 Å². The maximum atomic E-state index is 10.3. The van der Waals surface area contributed by atoms with Crippen LogP contribution in [0.25, 0.3) is 0 Å². The van der Waals surface area contributed by atoms with Crippen molar-refractivity contribution in [1.82, 2.24) is 5.32 Å². The Bertz CT molecular complexity index is 137. The fraction of sp³-hybridized carbons (Fsp3) is 0.667. The third-order valence-electron chi connectivity index (χ3n) is 1.18. The number of hydrogen-bond donors (Lipinski definition) is 2. The smallest absolute Gasteiger partial charge is 0.326 e. The maximum Gasteiger partial charge on any atom is 0.326 e. The maximum absolute atomic E-state index is 10.3. The van der Waals surface area contributed by atoms with Crippen LogP contribution < -0.4 is 5.32 Å². The molecule has 0 aromatic heterocycles. The van der Waals surface area contributed by atoms with Gasteiger partial charge in [0.2, 0.25) is 6.41 Å². The van der Waals surface area contributed by atoms with E-state index in [0.717, 1.165) is 0 Å². The van der Waals surface area contributed by atoms with Crippen LogP contribution in [0, 0.1) is 0 Å². The van der Waals surface area contributed by atoms with Crippen LogP contribution in [0.3, 0.4) is 0 Å². The van der Waals surface area contributed by atoms with Crippen molar-refractivity contribution < 1.29 is 19.4 Å². The van der Waals surface area contributed by atoms with Crippen molar-refractivity contribution in [3.63, 3.8) is 0 Å². The van der Waals surface area contributed by atoms with E-state index >= 15 is 0 Å². The summed E-state index contributed by atoms with van der Waals surface area (Å²) in [5.74, 6) is -1.05. The molecular formula is C6H11NO4. The molecule has 0 rings (SSSR count). The molecule has 0 aliphatic heterocycles. The Morgan fingerprint density at radius 1 is 1.82 bits per heavy atom. The zero-order valence-corrected chi connectivity index (χ0v) is 6.24. The number of amides is 1. The Hall–Kier alpha value is -1.10. The third-order valence-corrected chi connectivity index (χ3v) is 1.18. The summed E-state index contributed by atoms with van der Waals surface area (Å²) >= 11 is 0. The van der Waals surface area contributed by atoms with Crippen LogP contribution in [-0.4, -0.2) is 37.2 Å². The molecule has 0 saturated heterocycles. The Balaban J connectivity index is 3.69. The summed E-state index contributed by atoms with van der Waals surface area (Å²) in [5.41, 5.74) is 0. The number of rotatable bonds is 6. The molecule has 0 aromatic rings. The highest BCUT2D eigenvalue weighted by Crippen LogP contribution is 1.90. The van der Waals surface area contributed by atoms with E-state index in [1.807, 2.05) is 0 Å². The van der Waals surface area contributed by atoms with Crippen molar-refractivity contribution in [3.8, 4) is 0 Å². The first-order valence-corrected chi connectivity index (χ1v) is 3.13. The van der Waals surface area contributed by atoms with Gasteiger partial charge in [-0.1, -0.05) is 0 Å². The molecule has 0 bridgehead atoms. The molecule has 0 saturated carbocycles. The number of carbonyl (C=O) groups is 2. The highest BCUT2D eigenvalue weighted by Gasteiger charge is 2.14. The van der Waals surface area contributed by atoms with Crippen LogP contribution in [0.4, 0.5) is 0 Å². The van der Waals surface area contributed by atoms with Gasteiger partial charge in [-0.05, 0) is 0 Å². The number of nitrogens with one attached hydrogen (secondary N) is 1. The predicted octanol–water partition coefficient (Wildman–Crippen LogP) is -0.778. The Kier molecular flexibility index (Phi) is 5.10. The molecule has 1 amide bonds. The Labute approximate surface area is 64.3 Å². The lowest BCUT2D eigenvalue weighted by atomic mass is 10.2. The summed E-state index contributed by atoms with van der Waals surface area (Å²) in [6.45, 7) is 0.317. The van der Waals surface area contributed by atoms with Crippen molar-refractivity contribution >= 4 is 12.4 Å². The van der Waals surface area contributed by atoms with Gasteiger partial charge in [0.05, 0.1) is 0 Å². The van der Waals surface area contributed by atoms with Crippen molar-refractivity contribution in [1.29, 1.82) is 0 Å². The van der Waals surface area contributed by atoms with Gasteiger partial charge in [-0.3, -0.25) is 4.79 Å². The van der Waals surface area contributed by atoms with Gasteiger partial charge < -0.3 is 15.2 Å². The van der Waals surface area contributed by atoms with Gasteiger partial charge in [0.25, 0.3) is 0 Å². The zero-order chi connectivity index (χ0) is 8.69. The summed E-state index contributed by atoms with van der Waals surface area (Å²) in [5, 5.41) is 10.6. The van der Waals surface area contributed by atoms with Crippen LogP contribution in [0.5, 0.6) is 0 Å². The highest BCUT2D eigenvalue weighted by atomic mass is 16.5. The first kappa shape index (κ1) is 9.90. The standard InChI is InChI=1S/C6H11NO4/c1-11-3-2-5(6(9)10)7-4-8/h4-5H,2-3H2,1H3,(H,7,8)(H,9,10). The molecule has 0 aromatic carbocycles. The van der Waals surface area contributed by atoms with Crippen molar-refractivity contribution in [3.05, 3.63) is 0 Å². The van der Waals surface area contributed by atoms with Crippen LogP contribution >= 0.6 is 0 Å². The minimum Gasteiger partial charge on any atom is -0.480 e. The molecule has 2 N–H and O–H groups in total. The molecule has 0 spiro atoms. The molecule has 0 fully saturated rings. The summed E-state index contributed by atoms with van der Waals surface area (Å²) in [4.78, 5) is 20.2. The second-order valence-corrected chi connectivity index (χ2v) is 1.96. The monoisotopic (exact) mass is 161 g/mol. The van der Waals surface area contributed by atoms with Gasteiger partial charge >= 0.3 is 5.97 Å². The SMILES string of the molecule is COCCC(NC=O)C(=O)O. The molecule has 11 heavy (non-hydrogen) atoms. The second kappa shape index (κ2) is 5.67. The minimum atomic E-state index is -1.05. The lowest BCUT2D eigenvalue weighted by Crippen LogP contribution is -2.36. The number of aliphatic carboxylic acids is 1. The predicted molar refractivity (Wildman–Crippen MR) is 37.1 cm³/mol. The summed E-state index contributed by atoms with van der Waals surface area (Å²) in [7, 11) is 1.47. The van der Waals surface area contributed by atoms with E-state index in [0.29, 0.717) is 13.0 Å². The van der Waals surface area contributed by atoms with Gasteiger partial charge in [0.1, 0.15) is 6.04 Å². The Morgan fingerprint density at radius 2 is 2.45 bits per heavy atom. The number of carboxylic acids is 1. The molecule has 5 nitrogen and oxygen atoms in total. The van der Waals surface area contributed by atoms with E-state index in [9.17, 15) is 9.59 Å². The second-order valence-electron chi connectivity index (χ2n) is 1.96. The fourth-order valence-electron chi connectivity index (χ4n) is 0.596. The van der Waals surface area contributed by atoms with Crippen LogP contribution in [-0.2, 0) is 14.3 Å². The zero-order valence-electron chi connectivity index (χ0n) is 6.24. The largest absolute Gasteiger partial charge is 0.480 e. The molecule has 0 radical (unpaired) electrons. The quantitative estimate of drug-likeness (QED) is 0.501. The van der Waals surface area contributed by atoms with Crippen LogP contribution in [0.2, 0.25) is 0 Å². The summed E-state index contributed by atoms with van der Waals surface area (Å²) in [6.07, 6.45) is 0.652. The van der Waals surface area contributed by atoms with Gasteiger partial charge in [0, 0.05) is 20.1 Å². The average Bonchev–Trinajstić information content (AvgIpc) is 1.97. The molecule has 0 heterocycles. The number of carboxylic acid groups (broad SMARTS) is 1. The molecule has 0 aliphatic rings. The lowest BCUT2D eigenvalue weighted by molar-refractivity contribution is -0.141. The molecule has 5 heteroatoms. The molecular weight excluding hydrogens is 150 g/mol. The number of carbonyl (C=O) groups excluding carboxylic acids is 1. The first-order valence-electron chi connectivity index (χ1n) is 3.13. The number of hydrogen-bond acceptors (Lipinski definition) is 3. The van der Waals surface area contributed by atoms with Crippen LogP contribution in [0.15, 0.2) is 0 Å². The lowest BCUT2D eigenvalue weighted by Gasteiger charge is -2.08. The summed E-state index contributed by atoms with van der Waals surface area (Å²) in [6, 6.07) is -0.840. The van der Waals surface area contributed by atoms with E-state index in [2.05, 4.69) is 10.1 Å². The van der Waals surface area contributed by atoms with E-state index in [1.54, 1.807) is 0 Å². The van der Waals surface area contributed by atoms with Crippen molar-refractivity contribution in [2.75, 3.05) is 13.7 Å². The van der Waals surface area contributed by atoms with Crippen molar-refractivity contribution in [2.24, 2.45) is 0 Å². The minimum absolute atomic E-state index is 0.282. The van der Waals surface area contributed by atoms with Gasteiger partial charge in [0.15, 0.2) is 0 Å².